The van der Waals surface area contributed by atoms with Crippen molar-refractivity contribution in [3.63, 3.8) is 0 Å². The van der Waals surface area contributed by atoms with Gasteiger partial charge in [0.1, 0.15) is 0 Å². The van der Waals surface area contributed by atoms with Gasteiger partial charge in [-0.05, 0) is 38.3 Å². The van der Waals surface area contributed by atoms with E-state index in [0.29, 0.717) is 6.04 Å². The van der Waals surface area contributed by atoms with Crippen LogP contribution in [0.1, 0.15) is 31.9 Å². The zero-order valence-electron chi connectivity index (χ0n) is 8.59. The molecule has 70 valence electrons. The number of rotatable bonds is 0. The van der Waals surface area contributed by atoms with E-state index in [1.165, 1.54) is 11.1 Å². The Morgan fingerprint density at radius 2 is 2.00 bits per heavy atom. The fourth-order valence-corrected chi connectivity index (χ4v) is 2.38. The first-order chi connectivity index (χ1) is 6.09. The minimum Gasteiger partial charge on any atom is -0.305 e. The number of hydrogen-bond donors (Lipinski definition) is 1. The second-order valence-electron chi connectivity index (χ2n) is 4.53. The van der Waals surface area contributed by atoms with Crippen LogP contribution in [0.25, 0.3) is 0 Å². The topological polar surface area (TPSA) is 12.0 Å². The lowest BCUT2D eigenvalue weighted by Crippen LogP contribution is -2.47. The van der Waals surface area contributed by atoms with Crippen molar-refractivity contribution >= 4 is 0 Å². The van der Waals surface area contributed by atoms with Gasteiger partial charge in [-0.15, -0.1) is 0 Å². The van der Waals surface area contributed by atoms with Crippen LogP contribution in [-0.4, -0.2) is 6.04 Å². The highest BCUT2D eigenvalue weighted by molar-refractivity contribution is 5.35. The average Bonchev–Trinajstić information content (AvgIpc) is 2.02. The van der Waals surface area contributed by atoms with Crippen LogP contribution in [0, 0.1) is 0 Å². The minimum absolute atomic E-state index is 0.133. The number of nitrogens with one attached hydrogen (secondary N) is 1. The fourth-order valence-electron chi connectivity index (χ4n) is 2.38. The van der Waals surface area contributed by atoms with Gasteiger partial charge >= 0.3 is 0 Å². The molecular weight excluding hydrogens is 158 g/mol. The van der Waals surface area contributed by atoms with Crippen LogP contribution in [-0.2, 0) is 12.0 Å². The van der Waals surface area contributed by atoms with Crippen molar-refractivity contribution in [1.29, 1.82) is 0 Å². The molecule has 1 aliphatic heterocycles. The van der Waals surface area contributed by atoms with Gasteiger partial charge in [-0.3, -0.25) is 0 Å². The summed E-state index contributed by atoms with van der Waals surface area (Å²) in [6.07, 6.45) is 1.15. The monoisotopic (exact) mass is 175 g/mol. The molecule has 1 aromatic carbocycles. The summed E-state index contributed by atoms with van der Waals surface area (Å²) < 4.78 is 0. The van der Waals surface area contributed by atoms with E-state index in [9.17, 15) is 0 Å². The quantitative estimate of drug-likeness (QED) is 0.638. The van der Waals surface area contributed by atoms with Crippen LogP contribution < -0.4 is 5.32 Å². The predicted molar refractivity (Wildman–Crippen MR) is 55.8 cm³/mol. The van der Waals surface area contributed by atoms with Crippen molar-refractivity contribution in [1.82, 2.24) is 5.32 Å². The summed E-state index contributed by atoms with van der Waals surface area (Å²) in [5.74, 6) is 0. The molecule has 0 saturated carbocycles. The van der Waals surface area contributed by atoms with E-state index in [1.54, 1.807) is 0 Å². The molecule has 1 aromatic rings. The maximum atomic E-state index is 3.61. The summed E-state index contributed by atoms with van der Waals surface area (Å²) in [5, 5.41) is 3.61. The molecule has 0 saturated heterocycles. The lowest BCUT2D eigenvalue weighted by Gasteiger charge is -2.37. The van der Waals surface area contributed by atoms with E-state index < -0.39 is 0 Å². The Hall–Kier alpha value is -0.820. The SMILES string of the molecule is CC1Cc2ccccc2C(C)(C)N1. The fraction of sp³-hybridized carbons (Fsp3) is 0.500. The van der Waals surface area contributed by atoms with Gasteiger partial charge in [-0.1, -0.05) is 24.3 Å². The van der Waals surface area contributed by atoms with Crippen LogP contribution in [0.3, 0.4) is 0 Å². The van der Waals surface area contributed by atoms with Gasteiger partial charge in [0.2, 0.25) is 0 Å². The first kappa shape index (κ1) is 8.76. The van der Waals surface area contributed by atoms with E-state index >= 15 is 0 Å². The second-order valence-corrected chi connectivity index (χ2v) is 4.53. The van der Waals surface area contributed by atoms with Crippen molar-refractivity contribution in [2.45, 2.75) is 38.8 Å². The molecule has 0 radical (unpaired) electrons. The van der Waals surface area contributed by atoms with Gasteiger partial charge in [0, 0.05) is 11.6 Å². The van der Waals surface area contributed by atoms with Crippen LogP contribution >= 0.6 is 0 Å². The maximum absolute atomic E-state index is 3.61. The maximum Gasteiger partial charge on any atom is 0.0382 e. The third-order valence-corrected chi connectivity index (χ3v) is 2.82. The van der Waals surface area contributed by atoms with Crippen molar-refractivity contribution in [2.75, 3.05) is 0 Å². The van der Waals surface area contributed by atoms with Gasteiger partial charge in [0.15, 0.2) is 0 Å². The molecule has 1 atom stereocenters. The molecule has 0 amide bonds. The molecule has 1 N–H and O–H groups in total. The van der Waals surface area contributed by atoms with E-state index in [-0.39, 0.29) is 5.54 Å². The molecule has 1 nitrogen and oxygen atoms in total. The highest BCUT2D eigenvalue weighted by Gasteiger charge is 2.29. The molecule has 1 heteroatoms. The molecule has 0 aliphatic carbocycles. The molecule has 1 unspecified atom stereocenters. The second kappa shape index (κ2) is 2.85. The van der Waals surface area contributed by atoms with E-state index in [2.05, 4.69) is 50.4 Å². The van der Waals surface area contributed by atoms with Gasteiger partial charge in [0.05, 0.1) is 0 Å². The summed E-state index contributed by atoms with van der Waals surface area (Å²) in [4.78, 5) is 0. The Bertz CT molecular complexity index is 315. The largest absolute Gasteiger partial charge is 0.305 e. The molecule has 0 bridgehead atoms. The van der Waals surface area contributed by atoms with Crippen LogP contribution in [0.5, 0.6) is 0 Å². The molecule has 13 heavy (non-hydrogen) atoms. The lowest BCUT2D eigenvalue weighted by atomic mass is 9.83. The van der Waals surface area contributed by atoms with E-state index in [4.69, 9.17) is 0 Å². The van der Waals surface area contributed by atoms with Gasteiger partial charge < -0.3 is 5.32 Å². The van der Waals surface area contributed by atoms with Crippen molar-refractivity contribution in [3.8, 4) is 0 Å². The normalized spacial score (nSPS) is 25.3. The standard InChI is InChI=1S/C12H17N/c1-9-8-10-6-4-5-7-11(10)12(2,3)13-9/h4-7,9,13H,8H2,1-3H3. The van der Waals surface area contributed by atoms with Crippen LogP contribution in [0.4, 0.5) is 0 Å². The Morgan fingerprint density at radius 1 is 1.31 bits per heavy atom. The van der Waals surface area contributed by atoms with E-state index in [1.807, 2.05) is 0 Å². The third kappa shape index (κ3) is 1.49. The molecule has 0 aromatic heterocycles. The summed E-state index contributed by atoms with van der Waals surface area (Å²) in [5.41, 5.74) is 3.08. The molecule has 0 fully saturated rings. The Kier molecular flexibility index (Phi) is 1.92. The zero-order valence-corrected chi connectivity index (χ0v) is 8.59. The van der Waals surface area contributed by atoms with Gasteiger partial charge in [0.25, 0.3) is 0 Å². The van der Waals surface area contributed by atoms with Crippen LogP contribution in [0.2, 0.25) is 0 Å². The minimum atomic E-state index is 0.133. The first-order valence-electron chi connectivity index (χ1n) is 4.96. The molecular formula is C12H17N. The third-order valence-electron chi connectivity index (χ3n) is 2.82. The van der Waals surface area contributed by atoms with Crippen molar-refractivity contribution in [2.24, 2.45) is 0 Å². The Labute approximate surface area is 80.2 Å². The summed E-state index contributed by atoms with van der Waals surface area (Å²) in [7, 11) is 0. The molecule has 1 heterocycles. The van der Waals surface area contributed by atoms with Crippen LogP contribution in [0.15, 0.2) is 24.3 Å². The Balaban J connectivity index is 2.50. The predicted octanol–water partition coefficient (Wildman–Crippen LogP) is 2.46. The van der Waals surface area contributed by atoms with Crippen molar-refractivity contribution in [3.05, 3.63) is 35.4 Å². The summed E-state index contributed by atoms with van der Waals surface area (Å²) >= 11 is 0. The summed E-state index contributed by atoms with van der Waals surface area (Å²) in [6.45, 7) is 6.75. The molecule has 1 aliphatic rings. The summed E-state index contributed by atoms with van der Waals surface area (Å²) in [6, 6.07) is 9.32. The lowest BCUT2D eigenvalue weighted by molar-refractivity contribution is 0.325. The Morgan fingerprint density at radius 3 is 2.77 bits per heavy atom. The van der Waals surface area contributed by atoms with Crippen molar-refractivity contribution < 1.29 is 0 Å². The number of fused-ring (bicyclic) bond motifs is 1. The van der Waals surface area contributed by atoms with E-state index in [0.717, 1.165) is 6.42 Å². The average molecular weight is 175 g/mol. The zero-order chi connectivity index (χ0) is 9.47. The van der Waals surface area contributed by atoms with Gasteiger partial charge in [-0.2, -0.15) is 0 Å². The number of hydrogen-bond acceptors (Lipinski definition) is 1. The highest BCUT2D eigenvalue weighted by Crippen LogP contribution is 2.29. The number of benzene rings is 1. The smallest absolute Gasteiger partial charge is 0.0382 e. The molecule has 0 spiro atoms. The first-order valence-corrected chi connectivity index (χ1v) is 4.96. The highest BCUT2D eigenvalue weighted by atomic mass is 15.0. The van der Waals surface area contributed by atoms with Gasteiger partial charge in [-0.25, -0.2) is 0 Å². The molecule has 2 rings (SSSR count).